The van der Waals surface area contributed by atoms with Gasteiger partial charge in [0.1, 0.15) is 19.8 Å². The van der Waals surface area contributed by atoms with Crippen molar-refractivity contribution in [2.45, 2.75) is 26.4 Å². The van der Waals surface area contributed by atoms with E-state index >= 15 is 0 Å². The van der Waals surface area contributed by atoms with Gasteiger partial charge < -0.3 is 14.2 Å². The monoisotopic (exact) mass is 340 g/mol. The van der Waals surface area contributed by atoms with Crippen molar-refractivity contribution < 1.29 is 23.8 Å². The first-order chi connectivity index (χ1) is 12.1. The van der Waals surface area contributed by atoms with E-state index in [0.29, 0.717) is 30.3 Å². The van der Waals surface area contributed by atoms with Crippen LogP contribution in [0.2, 0.25) is 0 Å². The molecule has 1 aliphatic rings. The Bertz CT molecular complexity index is 764. The first kappa shape index (κ1) is 17.0. The fraction of sp³-hybridized carbons (Fsp3) is 0.300. The molecule has 3 rings (SSSR count). The number of Topliss-reactive ketones (excluding diaryl/α,β-unsaturated/α-hetero) is 1. The van der Waals surface area contributed by atoms with E-state index in [4.69, 9.17) is 14.2 Å². The smallest absolute Gasteiger partial charge is 0.306 e. The van der Waals surface area contributed by atoms with Gasteiger partial charge in [-0.25, -0.2) is 0 Å². The molecule has 0 unspecified atom stereocenters. The molecule has 5 nitrogen and oxygen atoms in total. The molecule has 0 saturated carbocycles. The van der Waals surface area contributed by atoms with E-state index < -0.39 is 0 Å². The highest BCUT2D eigenvalue weighted by Crippen LogP contribution is 2.31. The molecule has 130 valence electrons. The maximum atomic E-state index is 12.2. The SMILES string of the molecule is Cc1ccc(COC(=O)CCC(=O)c2ccc3c(c2)OCCO3)cc1. The molecule has 5 heteroatoms. The standard InChI is InChI=1S/C20H20O5/c1-14-2-4-15(5-3-14)13-25-20(22)9-7-17(21)16-6-8-18-19(12-16)24-11-10-23-18/h2-6,8,12H,7,9-11,13H2,1H3. The summed E-state index contributed by atoms with van der Waals surface area (Å²) < 4.78 is 16.1. The number of carbonyl (C=O) groups is 2. The van der Waals surface area contributed by atoms with Gasteiger partial charge in [0.25, 0.3) is 0 Å². The number of ether oxygens (including phenoxy) is 3. The van der Waals surface area contributed by atoms with Gasteiger partial charge >= 0.3 is 5.97 Å². The van der Waals surface area contributed by atoms with Crippen LogP contribution in [0, 0.1) is 6.92 Å². The van der Waals surface area contributed by atoms with Gasteiger partial charge in [-0.1, -0.05) is 29.8 Å². The lowest BCUT2D eigenvalue weighted by Gasteiger charge is -2.18. The normalized spacial score (nSPS) is 12.5. The summed E-state index contributed by atoms with van der Waals surface area (Å²) >= 11 is 0. The maximum absolute atomic E-state index is 12.2. The van der Waals surface area contributed by atoms with Crippen LogP contribution in [0.1, 0.15) is 34.3 Å². The summed E-state index contributed by atoms with van der Waals surface area (Å²) in [5, 5.41) is 0. The van der Waals surface area contributed by atoms with Crippen LogP contribution >= 0.6 is 0 Å². The van der Waals surface area contributed by atoms with Gasteiger partial charge in [-0.15, -0.1) is 0 Å². The largest absolute Gasteiger partial charge is 0.486 e. The van der Waals surface area contributed by atoms with Crippen molar-refractivity contribution in [1.82, 2.24) is 0 Å². The Morgan fingerprint density at radius 2 is 1.68 bits per heavy atom. The summed E-state index contributed by atoms with van der Waals surface area (Å²) in [6, 6.07) is 12.8. The summed E-state index contributed by atoms with van der Waals surface area (Å²) in [5.41, 5.74) is 2.59. The Labute approximate surface area is 146 Å². The molecular weight excluding hydrogens is 320 g/mol. The van der Waals surface area contributed by atoms with Crippen LogP contribution in [-0.4, -0.2) is 25.0 Å². The molecule has 0 aliphatic carbocycles. The summed E-state index contributed by atoms with van der Waals surface area (Å²) in [5.74, 6) is 0.704. The number of aryl methyl sites for hydroxylation is 1. The van der Waals surface area contributed by atoms with Gasteiger partial charge in [0.15, 0.2) is 17.3 Å². The second-order valence-electron chi connectivity index (χ2n) is 5.93. The molecule has 25 heavy (non-hydrogen) atoms. The summed E-state index contributed by atoms with van der Waals surface area (Å²) in [6.07, 6.45) is 0.158. The van der Waals surface area contributed by atoms with Crippen molar-refractivity contribution in [3.8, 4) is 11.5 Å². The second kappa shape index (κ2) is 7.83. The number of hydrogen-bond acceptors (Lipinski definition) is 5. The molecular formula is C20H20O5. The molecule has 1 aliphatic heterocycles. The molecule has 0 N–H and O–H groups in total. The number of carbonyl (C=O) groups excluding carboxylic acids is 2. The Balaban J connectivity index is 1.48. The molecule has 0 bridgehead atoms. The molecule has 0 fully saturated rings. The highest BCUT2D eigenvalue weighted by atomic mass is 16.6. The van der Waals surface area contributed by atoms with Crippen LogP contribution in [-0.2, 0) is 16.1 Å². The van der Waals surface area contributed by atoms with Crippen molar-refractivity contribution >= 4 is 11.8 Å². The number of benzene rings is 2. The summed E-state index contributed by atoms with van der Waals surface area (Å²) in [4.78, 5) is 24.1. The van der Waals surface area contributed by atoms with Gasteiger partial charge in [0.05, 0.1) is 6.42 Å². The maximum Gasteiger partial charge on any atom is 0.306 e. The topological polar surface area (TPSA) is 61.8 Å². The van der Waals surface area contributed by atoms with Crippen LogP contribution in [0.4, 0.5) is 0 Å². The van der Waals surface area contributed by atoms with E-state index in [1.165, 1.54) is 0 Å². The molecule has 0 aromatic heterocycles. The predicted octanol–water partition coefficient (Wildman–Crippen LogP) is 3.47. The van der Waals surface area contributed by atoms with Gasteiger partial charge in [0.2, 0.25) is 0 Å². The third-order valence-corrected chi connectivity index (χ3v) is 3.94. The van der Waals surface area contributed by atoms with E-state index in [0.717, 1.165) is 11.1 Å². The van der Waals surface area contributed by atoms with Gasteiger partial charge in [0, 0.05) is 12.0 Å². The van der Waals surface area contributed by atoms with Crippen LogP contribution < -0.4 is 9.47 Å². The van der Waals surface area contributed by atoms with E-state index in [9.17, 15) is 9.59 Å². The van der Waals surface area contributed by atoms with E-state index in [1.807, 2.05) is 31.2 Å². The van der Waals surface area contributed by atoms with Gasteiger partial charge in [-0.3, -0.25) is 9.59 Å². The lowest BCUT2D eigenvalue weighted by Crippen LogP contribution is -2.16. The van der Waals surface area contributed by atoms with Crippen LogP contribution in [0.5, 0.6) is 11.5 Å². The van der Waals surface area contributed by atoms with Crippen LogP contribution in [0.3, 0.4) is 0 Å². The fourth-order valence-corrected chi connectivity index (χ4v) is 2.50. The lowest BCUT2D eigenvalue weighted by molar-refractivity contribution is -0.144. The van der Waals surface area contributed by atoms with Crippen molar-refractivity contribution in [1.29, 1.82) is 0 Å². The molecule has 0 radical (unpaired) electrons. The molecule has 0 spiro atoms. The number of rotatable bonds is 6. The summed E-state index contributed by atoms with van der Waals surface area (Å²) in [6.45, 7) is 3.19. The van der Waals surface area contributed by atoms with Gasteiger partial charge in [-0.05, 0) is 30.7 Å². The first-order valence-corrected chi connectivity index (χ1v) is 8.26. The Morgan fingerprint density at radius 3 is 2.44 bits per heavy atom. The Kier molecular flexibility index (Phi) is 5.33. The zero-order valence-corrected chi connectivity index (χ0v) is 14.1. The van der Waals surface area contributed by atoms with Crippen molar-refractivity contribution in [2.24, 2.45) is 0 Å². The third kappa shape index (κ3) is 4.59. The minimum atomic E-state index is -0.383. The number of fused-ring (bicyclic) bond motifs is 1. The van der Waals surface area contributed by atoms with Crippen LogP contribution in [0.25, 0.3) is 0 Å². The van der Waals surface area contributed by atoms with Crippen molar-refractivity contribution in [3.05, 3.63) is 59.2 Å². The molecule has 0 saturated heterocycles. The molecule has 1 heterocycles. The highest BCUT2D eigenvalue weighted by molar-refractivity contribution is 5.98. The molecule has 2 aromatic carbocycles. The zero-order chi connectivity index (χ0) is 17.6. The van der Waals surface area contributed by atoms with E-state index in [-0.39, 0.29) is 31.2 Å². The Morgan fingerprint density at radius 1 is 0.960 bits per heavy atom. The quantitative estimate of drug-likeness (QED) is 0.595. The van der Waals surface area contributed by atoms with E-state index in [2.05, 4.69) is 0 Å². The Hall–Kier alpha value is -2.82. The number of hydrogen-bond donors (Lipinski definition) is 0. The predicted molar refractivity (Wildman–Crippen MR) is 92.0 cm³/mol. The first-order valence-electron chi connectivity index (χ1n) is 8.26. The third-order valence-electron chi connectivity index (χ3n) is 3.94. The van der Waals surface area contributed by atoms with Gasteiger partial charge in [-0.2, -0.15) is 0 Å². The average molecular weight is 340 g/mol. The van der Waals surface area contributed by atoms with E-state index in [1.54, 1.807) is 18.2 Å². The summed E-state index contributed by atoms with van der Waals surface area (Å²) in [7, 11) is 0. The van der Waals surface area contributed by atoms with Crippen molar-refractivity contribution in [2.75, 3.05) is 13.2 Å². The number of esters is 1. The average Bonchev–Trinajstić information content (AvgIpc) is 2.65. The highest BCUT2D eigenvalue weighted by Gasteiger charge is 2.16. The molecule has 0 atom stereocenters. The molecule has 0 amide bonds. The lowest BCUT2D eigenvalue weighted by atomic mass is 10.1. The van der Waals surface area contributed by atoms with Crippen molar-refractivity contribution in [3.63, 3.8) is 0 Å². The number of ketones is 1. The van der Waals surface area contributed by atoms with Crippen LogP contribution in [0.15, 0.2) is 42.5 Å². The minimum absolute atomic E-state index is 0.0547. The fourth-order valence-electron chi connectivity index (χ4n) is 2.50. The minimum Gasteiger partial charge on any atom is -0.486 e. The second-order valence-corrected chi connectivity index (χ2v) is 5.93. The molecule has 2 aromatic rings. The zero-order valence-electron chi connectivity index (χ0n) is 14.1.